The SMILES string of the molecule is CCc1ccc(C(=O)NCCc2ccccn2)cc1. The minimum absolute atomic E-state index is 0.0291. The summed E-state index contributed by atoms with van der Waals surface area (Å²) in [5, 5.41) is 2.91. The molecule has 0 unspecified atom stereocenters. The largest absolute Gasteiger partial charge is 0.352 e. The number of hydrogen-bond donors (Lipinski definition) is 1. The molecule has 0 aliphatic carbocycles. The van der Waals surface area contributed by atoms with E-state index < -0.39 is 0 Å². The molecule has 98 valence electrons. The van der Waals surface area contributed by atoms with Crippen LogP contribution in [0.5, 0.6) is 0 Å². The van der Waals surface area contributed by atoms with E-state index in [1.165, 1.54) is 5.56 Å². The molecule has 2 rings (SSSR count). The fourth-order valence-corrected chi connectivity index (χ4v) is 1.84. The average Bonchev–Trinajstić information content (AvgIpc) is 2.48. The first-order valence-corrected chi connectivity index (χ1v) is 6.56. The van der Waals surface area contributed by atoms with Crippen LogP contribution in [-0.2, 0) is 12.8 Å². The zero-order valence-corrected chi connectivity index (χ0v) is 11.1. The molecule has 0 saturated heterocycles. The molecule has 0 radical (unpaired) electrons. The smallest absolute Gasteiger partial charge is 0.251 e. The van der Waals surface area contributed by atoms with Crippen LogP contribution in [-0.4, -0.2) is 17.4 Å². The van der Waals surface area contributed by atoms with E-state index in [2.05, 4.69) is 17.2 Å². The highest BCUT2D eigenvalue weighted by Crippen LogP contribution is 2.05. The average molecular weight is 254 g/mol. The van der Waals surface area contributed by atoms with Crippen LogP contribution in [0.2, 0.25) is 0 Å². The van der Waals surface area contributed by atoms with Gasteiger partial charge in [0.25, 0.3) is 5.91 Å². The fraction of sp³-hybridized carbons (Fsp3) is 0.250. The third kappa shape index (κ3) is 3.91. The minimum Gasteiger partial charge on any atom is -0.352 e. The van der Waals surface area contributed by atoms with Crippen molar-refractivity contribution in [3.63, 3.8) is 0 Å². The highest BCUT2D eigenvalue weighted by atomic mass is 16.1. The molecule has 0 fully saturated rings. The summed E-state index contributed by atoms with van der Waals surface area (Å²) in [5.74, 6) is -0.0291. The third-order valence-corrected chi connectivity index (χ3v) is 3.02. The molecule has 0 atom stereocenters. The number of amides is 1. The summed E-state index contributed by atoms with van der Waals surface area (Å²) < 4.78 is 0. The molecule has 3 nitrogen and oxygen atoms in total. The molecule has 0 spiro atoms. The highest BCUT2D eigenvalue weighted by Gasteiger charge is 2.04. The van der Waals surface area contributed by atoms with E-state index in [0.717, 1.165) is 18.5 Å². The van der Waals surface area contributed by atoms with Crippen molar-refractivity contribution in [2.75, 3.05) is 6.54 Å². The summed E-state index contributed by atoms with van der Waals surface area (Å²) in [6.07, 6.45) is 3.50. The summed E-state index contributed by atoms with van der Waals surface area (Å²) in [6, 6.07) is 13.5. The van der Waals surface area contributed by atoms with Crippen molar-refractivity contribution in [3.8, 4) is 0 Å². The lowest BCUT2D eigenvalue weighted by atomic mass is 10.1. The Bertz CT molecular complexity index is 520. The van der Waals surface area contributed by atoms with Crippen molar-refractivity contribution < 1.29 is 4.79 Å². The zero-order valence-electron chi connectivity index (χ0n) is 11.1. The van der Waals surface area contributed by atoms with Crippen LogP contribution in [0.1, 0.15) is 28.5 Å². The quantitative estimate of drug-likeness (QED) is 0.891. The molecule has 1 aromatic carbocycles. The Hall–Kier alpha value is -2.16. The molecule has 1 N–H and O–H groups in total. The molecule has 19 heavy (non-hydrogen) atoms. The van der Waals surface area contributed by atoms with Gasteiger partial charge in [-0.1, -0.05) is 25.1 Å². The number of nitrogens with one attached hydrogen (secondary N) is 1. The van der Waals surface area contributed by atoms with Gasteiger partial charge in [-0.25, -0.2) is 0 Å². The molecule has 0 aliphatic rings. The minimum atomic E-state index is -0.0291. The van der Waals surface area contributed by atoms with Gasteiger partial charge in [-0.05, 0) is 36.2 Å². The molecule has 3 heteroatoms. The number of hydrogen-bond acceptors (Lipinski definition) is 2. The molecule has 0 aliphatic heterocycles. The molecule has 0 bridgehead atoms. The summed E-state index contributed by atoms with van der Waals surface area (Å²) in [7, 11) is 0. The Kier molecular flexibility index (Phi) is 4.67. The number of nitrogens with zero attached hydrogens (tertiary/aromatic N) is 1. The lowest BCUT2D eigenvalue weighted by Gasteiger charge is -2.05. The Morgan fingerprint density at radius 1 is 1.16 bits per heavy atom. The second-order valence-electron chi connectivity index (χ2n) is 4.38. The van der Waals surface area contributed by atoms with Crippen LogP contribution in [0.3, 0.4) is 0 Å². The zero-order chi connectivity index (χ0) is 13.5. The van der Waals surface area contributed by atoms with Crippen molar-refractivity contribution >= 4 is 5.91 Å². The second-order valence-corrected chi connectivity index (χ2v) is 4.38. The third-order valence-electron chi connectivity index (χ3n) is 3.02. The van der Waals surface area contributed by atoms with Crippen LogP contribution in [0.25, 0.3) is 0 Å². The maximum absolute atomic E-state index is 11.9. The van der Waals surface area contributed by atoms with Crippen LogP contribution in [0.15, 0.2) is 48.7 Å². The predicted molar refractivity (Wildman–Crippen MR) is 76.1 cm³/mol. The predicted octanol–water partition coefficient (Wildman–Crippen LogP) is 2.62. The summed E-state index contributed by atoms with van der Waals surface area (Å²) in [6.45, 7) is 2.70. The first-order valence-electron chi connectivity index (χ1n) is 6.56. The normalized spacial score (nSPS) is 10.2. The Balaban J connectivity index is 1.84. The molecule has 1 aromatic heterocycles. The Morgan fingerprint density at radius 3 is 2.58 bits per heavy atom. The molecule has 2 aromatic rings. The standard InChI is InChI=1S/C16H18N2O/c1-2-13-6-8-14(9-7-13)16(19)18-12-10-15-5-3-4-11-17-15/h3-9,11H,2,10,12H2,1H3,(H,18,19). The summed E-state index contributed by atoms with van der Waals surface area (Å²) in [5.41, 5.74) is 2.94. The van der Waals surface area contributed by atoms with E-state index >= 15 is 0 Å². The van der Waals surface area contributed by atoms with Gasteiger partial charge >= 0.3 is 0 Å². The monoisotopic (exact) mass is 254 g/mol. The number of carbonyl (C=O) groups excluding carboxylic acids is 1. The Labute approximate surface area is 113 Å². The van der Waals surface area contributed by atoms with Gasteiger partial charge in [0.2, 0.25) is 0 Å². The van der Waals surface area contributed by atoms with Crippen molar-refractivity contribution in [2.24, 2.45) is 0 Å². The number of rotatable bonds is 5. The number of aromatic nitrogens is 1. The van der Waals surface area contributed by atoms with Crippen molar-refractivity contribution in [1.29, 1.82) is 0 Å². The number of pyridine rings is 1. The highest BCUT2D eigenvalue weighted by molar-refractivity contribution is 5.94. The maximum atomic E-state index is 11.9. The van der Waals surface area contributed by atoms with E-state index in [4.69, 9.17) is 0 Å². The second kappa shape index (κ2) is 6.69. The molecular weight excluding hydrogens is 236 g/mol. The first-order chi connectivity index (χ1) is 9.29. The van der Waals surface area contributed by atoms with Crippen LogP contribution >= 0.6 is 0 Å². The summed E-state index contributed by atoms with van der Waals surface area (Å²) in [4.78, 5) is 16.1. The molecular formula is C16H18N2O. The first kappa shape index (κ1) is 13.3. The Morgan fingerprint density at radius 2 is 1.95 bits per heavy atom. The molecule has 1 heterocycles. The number of carbonyl (C=O) groups is 1. The van der Waals surface area contributed by atoms with Gasteiger partial charge in [-0.15, -0.1) is 0 Å². The number of aryl methyl sites for hydroxylation is 1. The van der Waals surface area contributed by atoms with Gasteiger partial charge < -0.3 is 5.32 Å². The van der Waals surface area contributed by atoms with Gasteiger partial charge in [0.15, 0.2) is 0 Å². The van der Waals surface area contributed by atoms with Gasteiger partial charge in [0.1, 0.15) is 0 Å². The van der Waals surface area contributed by atoms with E-state index in [1.54, 1.807) is 6.20 Å². The van der Waals surface area contributed by atoms with Crippen molar-refractivity contribution in [1.82, 2.24) is 10.3 Å². The van der Waals surface area contributed by atoms with Crippen molar-refractivity contribution in [2.45, 2.75) is 19.8 Å². The molecule has 1 amide bonds. The lowest BCUT2D eigenvalue weighted by Crippen LogP contribution is -2.25. The topological polar surface area (TPSA) is 42.0 Å². The van der Waals surface area contributed by atoms with Crippen LogP contribution < -0.4 is 5.32 Å². The number of benzene rings is 1. The maximum Gasteiger partial charge on any atom is 0.251 e. The fourth-order valence-electron chi connectivity index (χ4n) is 1.84. The lowest BCUT2D eigenvalue weighted by molar-refractivity contribution is 0.0954. The summed E-state index contributed by atoms with van der Waals surface area (Å²) >= 11 is 0. The van der Waals surface area contributed by atoms with Crippen molar-refractivity contribution in [3.05, 3.63) is 65.5 Å². The van der Waals surface area contributed by atoms with Gasteiger partial charge in [0.05, 0.1) is 0 Å². The van der Waals surface area contributed by atoms with Gasteiger partial charge in [0, 0.05) is 30.4 Å². The van der Waals surface area contributed by atoms with Gasteiger partial charge in [-0.2, -0.15) is 0 Å². The van der Waals surface area contributed by atoms with Crippen LogP contribution in [0, 0.1) is 0 Å². The van der Waals surface area contributed by atoms with E-state index in [1.807, 2.05) is 42.5 Å². The van der Waals surface area contributed by atoms with E-state index in [-0.39, 0.29) is 5.91 Å². The van der Waals surface area contributed by atoms with Crippen LogP contribution in [0.4, 0.5) is 0 Å². The van der Waals surface area contributed by atoms with E-state index in [9.17, 15) is 4.79 Å². The van der Waals surface area contributed by atoms with E-state index in [0.29, 0.717) is 12.1 Å². The molecule has 0 saturated carbocycles. The van der Waals surface area contributed by atoms with Gasteiger partial charge in [-0.3, -0.25) is 9.78 Å².